The van der Waals surface area contributed by atoms with Crippen LogP contribution >= 0.6 is 0 Å². The predicted octanol–water partition coefficient (Wildman–Crippen LogP) is 3.36. The molecule has 2 heterocycles. The third kappa shape index (κ3) is 3.69. The maximum absolute atomic E-state index is 13.1. The van der Waals surface area contributed by atoms with E-state index in [4.69, 9.17) is 0 Å². The molecule has 2 aromatic rings. The van der Waals surface area contributed by atoms with Crippen LogP contribution < -0.4 is 10.2 Å². The molecule has 2 aromatic carbocycles. The molecule has 0 aromatic heterocycles. The minimum Gasteiger partial charge on any atom is -0.324 e. The molecule has 8 nitrogen and oxygen atoms in total. The highest BCUT2D eigenvalue weighted by Gasteiger charge is 2.55. The van der Waals surface area contributed by atoms with E-state index in [1.165, 1.54) is 5.01 Å². The van der Waals surface area contributed by atoms with Crippen LogP contribution in [0.5, 0.6) is 0 Å². The van der Waals surface area contributed by atoms with E-state index >= 15 is 0 Å². The molecule has 3 amide bonds. The number of carbonyl (C=O) groups excluding carboxylic acids is 3. The van der Waals surface area contributed by atoms with Crippen LogP contribution in [0.3, 0.4) is 0 Å². The average Bonchev–Trinajstić information content (AvgIpc) is 3.24. The van der Waals surface area contributed by atoms with Gasteiger partial charge in [-0.2, -0.15) is 5.11 Å². The predicted molar refractivity (Wildman–Crippen MR) is 117 cm³/mol. The number of nitrogens with zero attached hydrogens (tertiary/aromatic N) is 4. The van der Waals surface area contributed by atoms with Gasteiger partial charge in [0, 0.05) is 5.69 Å². The normalized spacial score (nSPS) is 20.0. The van der Waals surface area contributed by atoms with Crippen molar-refractivity contribution in [3.05, 3.63) is 59.2 Å². The average molecular weight is 419 g/mol. The van der Waals surface area contributed by atoms with Gasteiger partial charge in [-0.3, -0.25) is 19.4 Å². The lowest BCUT2D eigenvalue weighted by atomic mass is 10.0. The Morgan fingerprint density at radius 1 is 1.03 bits per heavy atom. The first-order valence-electron chi connectivity index (χ1n) is 10.3. The Bertz CT molecular complexity index is 1060. The lowest BCUT2D eigenvalue weighted by molar-refractivity contribution is -0.123. The van der Waals surface area contributed by atoms with Gasteiger partial charge in [-0.05, 0) is 48.6 Å². The number of carbonyl (C=O) groups is 3. The number of imide groups is 1. The third-order valence-corrected chi connectivity index (χ3v) is 5.73. The largest absolute Gasteiger partial charge is 0.324 e. The summed E-state index contributed by atoms with van der Waals surface area (Å²) in [5.41, 5.74) is 4.24. The quantitative estimate of drug-likeness (QED) is 0.752. The highest BCUT2D eigenvalue weighted by atomic mass is 16.2. The molecule has 4 rings (SSSR count). The zero-order valence-electron chi connectivity index (χ0n) is 18.0. The van der Waals surface area contributed by atoms with Crippen LogP contribution in [-0.4, -0.2) is 41.4 Å². The van der Waals surface area contributed by atoms with E-state index in [2.05, 4.69) is 29.5 Å². The van der Waals surface area contributed by atoms with Gasteiger partial charge in [0.15, 0.2) is 12.1 Å². The number of rotatable bonds is 5. The first kappa shape index (κ1) is 20.7. The zero-order chi connectivity index (χ0) is 22.3. The molecular formula is C23H25N5O3. The van der Waals surface area contributed by atoms with Crippen LogP contribution in [0.4, 0.5) is 11.4 Å². The van der Waals surface area contributed by atoms with Crippen molar-refractivity contribution in [2.45, 2.75) is 45.7 Å². The monoisotopic (exact) mass is 419 g/mol. The molecule has 31 heavy (non-hydrogen) atoms. The van der Waals surface area contributed by atoms with Gasteiger partial charge in [-0.15, -0.1) is 0 Å². The first-order chi connectivity index (χ1) is 14.8. The first-order valence-corrected chi connectivity index (χ1v) is 10.3. The summed E-state index contributed by atoms with van der Waals surface area (Å²) in [5.74, 6) is -0.819. The van der Waals surface area contributed by atoms with Crippen molar-refractivity contribution in [3.8, 4) is 0 Å². The summed E-state index contributed by atoms with van der Waals surface area (Å²) >= 11 is 0. The summed E-state index contributed by atoms with van der Waals surface area (Å²) in [4.78, 5) is 39.7. The molecule has 0 saturated carbocycles. The van der Waals surface area contributed by atoms with Crippen molar-refractivity contribution >= 4 is 29.1 Å². The van der Waals surface area contributed by atoms with Crippen LogP contribution in [0.2, 0.25) is 0 Å². The molecule has 1 fully saturated rings. The highest BCUT2D eigenvalue weighted by Crippen LogP contribution is 2.32. The lowest BCUT2D eigenvalue weighted by Crippen LogP contribution is -2.43. The number of amides is 3. The second kappa shape index (κ2) is 7.94. The Labute approximate surface area is 180 Å². The van der Waals surface area contributed by atoms with Gasteiger partial charge in [0.2, 0.25) is 5.91 Å². The number of anilines is 2. The number of benzene rings is 2. The summed E-state index contributed by atoms with van der Waals surface area (Å²) in [5, 5.41) is 12.1. The Balaban J connectivity index is 1.49. The minimum absolute atomic E-state index is 0.169. The molecule has 1 N–H and O–H groups in total. The van der Waals surface area contributed by atoms with Crippen molar-refractivity contribution < 1.29 is 14.4 Å². The Hall–Kier alpha value is -3.55. The van der Waals surface area contributed by atoms with E-state index in [1.54, 1.807) is 12.1 Å². The SMILES string of the molecule is Cc1cccc(C)c1NC(=O)CN1N=N[C@H]2C(=O)N(c3ccc(C(C)C)cc3)C(=O)[C@H]21. The number of hydrogen-bond acceptors (Lipinski definition) is 6. The summed E-state index contributed by atoms with van der Waals surface area (Å²) in [6.45, 7) is 7.81. The molecule has 1 saturated heterocycles. The van der Waals surface area contributed by atoms with E-state index < -0.39 is 23.9 Å². The molecular weight excluding hydrogens is 394 g/mol. The standard InChI is InChI=1S/C23H25N5O3/c1-13(2)16-8-10-17(11-9-16)28-22(30)20-21(23(28)31)27(26-25-20)12-18(29)24-19-14(3)6-5-7-15(19)4/h5-11,13,20-21H,12H2,1-4H3,(H,24,29)/t20-,21+/m1/s1. The molecule has 0 unspecified atom stereocenters. The van der Waals surface area contributed by atoms with Crippen LogP contribution in [0, 0.1) is 13.8 Å². The second-order valence-corrected chi connectivity index (χ2v) is 8.27. The molecule has 2 atom stereocenters. The highest BCUT2D eigenvalue weighted by molar-refractivity contribution is 6.25. The van der Waals surface area contributed by atoms with Gasteiger partial charge in [-0.1, -0.05) is 49.4 Å². The smallest absolute Gasteiger partial charge is 0.263 e. The van der Waals surface area contributed by atoms with Gasteiger partial charge in [0.25, 0.3) is 11.8 Å². The topological polar surface area (TPSA) is 94.4 Å². The van der Waals surface area contributed by atoms with E-state index in [9.17, 15) is 14.4 Å². The summed E-state index contributed by atoms with van der Waals surface area (Å²) < 4.78 is 0. The van der Waals surface area contributed by atoms with Gasteiger partial charge in [-0.25, -0.2) is 4.90 Å². The van der Waals surface area contributed by atoms with Crippen LogP contribution in [-0.2, 0) is 14.4 Å². The summed E-state index contributed by atoms with van der Waals surface area (Å²) in [7, 11) is 0. The van der Waals surface area contributed by atoms with Gasteiger partial charge in [0.1, 0.15) is 6.54 Å². The van der Waals surface area contributed by atoms with E-state index in [-0.39, 0.29) is 12.5 Å². The molecule has 160 valence electrons. The zero-order valence-corrected chi connectivity index (χ0v) is 18.0. The third-order valence-electron chi connectivity index (χ3n) is 5.73. The maximum Gasteiger partial charge on any atom is 0.263 e. The van der Waals surface area contributed by atoms with Crippen molar-refractivity contribution in [2.24, 2.45) is 10.3 Å². The second-order valence-electron chi connectivity index (χ2n) is 8.27. The lowest BCUT2D eigenvalue weighted by Gasteiger charge is -2.21. The van der Waals surface area contributed by atoms with Gasteiger partial charge < -0.3 is 5.32 Å². The number of aryl methyl sites for hydroxylation is 2. The van der Waals surface area contributed by atoms with E-state index in [0.717, 1.165) is 27.3 Å². The van der Waals surface area contributed by atoms with Gasteiger partial charge >= 0.3 is 0 Å². The molecule has 0 radical (unpaired) electrons. The Kier molecular flexibility index (Phi) is 5.31. The van der Waals surface area contributed by atoms with Crippen molar-refractivity contribution in [1.29, 1.82) is 0 Å². The van der Waals surface area contributed by atoms with Crippen LogP contribution in [0.25, 0.3) is 0 Å². The van der Waals surface area contributed by atoms with Crippen LogP contribution in [0.15, 0.2) is 52.8 Å². The number of hydrogen-bond donors (Lipinski definition) is 1. The fourth-order valence-electron chi connectivity index (χ4n) is 3.95. The Morgan fingerprint density at radius 3 is 2.29 bits per heavy atom. The van der Waals surface area contributed by atoms with Crippen molar-refractivity contribution in [2.75, 3.05) is 16.8 Å². The maximum atomic E-state index is 13.1. The van der Waals surface area contributed by atoms with E-state index in [1.807, 2.05) is 44.2 Å². The molecule has 8 heteroatoms. The molecule has 0 spiro atoms. The summed E-state index contributed by atoms with van der Waals surface area (Å²) in [6.07, 6.45) is 0. The molecule has 2 aliphatic heterocycles. The molecule has 0 bridgehead atoms. The molecule has 0 aliphatic carbocycles. The van der Waals surface area contributed by atoms with Crippen molar-refractivity contribution in [1.82, 2.24) is 5.01 Å². The Morgan fingerprint density at radius 2 is 1.68 bits per heavy atom. The minimum atomic E-state index is -0.926. The number of nitrogens with one attached hydrogen (secondary N) is 1. The van der Waals surface area contributed by atoms with Gasteiger partial charge in [0.05, 0.1) is 5.69 Å². The van der Waals surface area contributed by atoms with Crippen LogP contribution in [0.1, 0.15) is 36.5 Å². The van der Waals surface area contributed by atoms with Crippen molar-refractivity contribution in [3.63, 3.8) is 0 Å². The number of fused-ring (bicyclic) bond motifs is 1. The summed E-state index contributed by atoms with van der Waals surface area (Å²) in [6, 6.07) is 11.3. The van der Waals surface area contributed by atoms with E-state index in [0.29, 0.717) is 11.6 Å². The fraction of sp³-hybridized carbons (Fsp3) is 0.348. The fourth-order valence-corrected chi connectivity index (χ4v) is 3.95. The molecule has 2 aliphatic rings. The number of para-hydroxylation sites is 1.